The van der Waals surface area contributed by atoms with E-state index in [1.54, 1.807) is 42.5 Å². The molecule has 1 amide bonds. The van der Waals surface area contributed by atoms with E-state index in [2.05, 4.69) is 5.32 Å². The number of para-hydroxylation sites is 1. The Balaban J connectivity index is 1.82. The molecule has 0 atom stereocenters. The van der Waals surface area contributed by atoms with Gasteiger partial charge in [0.25, 0.3) is 5.91 Å². The van der Waals surface area contributed by atoms with Gasteiger partial charge in [0.1, 0.15) is 0 Å². The minimum Gasteiger partial charge on any atom is -0.322 e. The van der Waals surface area contributed by atoms with Crippen LogP contribution in [0.2, 0.25) is 5.02 Å². The number of carbonyl (C=O) groups excluding carboxylic acids is 1. The maximum Gasteiger partial charge on any atom is 0.255 e. The van der Waals surface area contributed by atoms with Crippen LogP contribution in [0, 0.1) is 20.8 Å². The summed E-state index contributed by atoms with van der Waals surface area (Å²) in [5, 5.41) is 3.49. The van der Waals surface area contributed by atoms with Gasteiger partial charge in [0, 0.05) is 16.3 Å². The summed E-state index contributed by atoms with van der Waals surface area (Å²) in [5.41, 5.74) is 5.29. The predicted octanol–water partition coefficient (Wildman–Crippen LogP) is 5.48. The minimum atomic E-state index is -3.49. The molecule has 0 saturated heterocycles. The molecule has 3 aromatic carbocycles. The van der Waals surface area contributed by atoms with Crippen LogP contribution in [0.25, 0.3) is 0 Å². The Morgan fingerprint density at radius 2 is 1.55 bits per heavy atom. The number of rotatable bonds is 6. The molecule has 0 radical (unpaired) electrons. The summed E-state index contributed by atoms with van der Waals surface area (Å²) in [5.74, 6) is -0.244. The molecule has 0 aliphatic rings. The SMILES string of the molecule is Cc1cc(Cl)ccc1NC(=O)c1ccc(CN(c2c(C)cccc2C)S(C)(=O)=O)cc1. The third kappa shape index (κ3) is 5.46. The molecule has 0 aliphatic heterocycles. The van der Waals surface area contributed by atoms with Crippen molar-refractivity contribution in [2.45, 2.75) is 27.3 Å². The highest BCUT2D eigenvalue weighted by atomic mass is 35.5. The molecule has 0 heterocycles. The molecule has 7 heteroatoms. The van der Waals surface area contributed by atoms with Crippen LogP contribution in [0.15, 0.2) is 60.7 Å². The molecule has 0 unspecified atom stereocenters. The molecule has 5 nitrogen and oxygen atoms in total. The summed E-state index contributed by atoms with van der Waals surface area (Å²) in [6, 6.07) is 17.9. The van der Waals surface area contributed by atoms with Crippen LogP contribution in [0.1, 0.15) is 32.6 Å². The zero-order valence-electron chi connectivity index (χ0n) is 17.9. The normalized spacial score (nSPS) is 11.3. The number of halogens is 1. The Morgan fingerprint density at radius 3 is 2.10 bits per heavy atom. The largest absolute Gasteiger partial charge is 0.322 e. The van der Waals surface area contributed by atoms with E-state index in [9.17, 15) is 13.2 Å². The highest BCUT2D eigenvalue weighted by Crippen LogP contribution is 2.28. The van der Waals surface area contributed by atoms with Gasteiger partial charge in [0.15, 0.2) is 0 Å². The highest BCUT2D eigenvalue weighted by molar-refractivity contribution is 7.92. The molecule has 0 fully saturated rings. The van der Waals surface area contributed by atoms with Crippen molar-refractivity contribution in [1.82, 2.24) is 0 Å². The van der Waals surface area contributed by atoms with Crippen molar-refractivity contribution in [2.75, 3.05) is 15.9 Å². The molecule has 0 spiro atoms. The monoisotopic (exact) mass is 456 g/mol. The second-order valence-electron chi connectivity index (χ2n) is 7.62. The maximum absolute atomic E-state index is 12.6. The molecular formula is C24H25ClN2O3S. The third-order valence-electron chi connectivity index (χ3n) is 5.07. The Labute approximate surface area is 188 Å². The maximum atomic E-state index is 12.6. The van der Waals surface area contributed by atoms with Crippen molar-refractivity contribution in [3.8, 4) is 0 Å². The zero-order chi connectivity index (χ0) is 22.8. The number of benzene rings is 3. The number of hydrogen-bond acceptors (Lipinski definition) is 3. The topological polar surface area (TPSA) is 66.5 Å². The van der Waals surface area contributed by atoms with Crippen molar-refractivity contribution < 1.29 is 13.2 Å². The van der Waals surface area contributed by atoms with Crippen LogP contribution in [0.4, 0.5) is 11.4 Å². The Hall–Kier alpha value is -2.83. The fourth-order valence-electron chi connectivity index (χ4n) is 3.45. The van der Waals surface area contributed by atoms with Crippen molar-refractivity contribution in [1.29, 1.82) is 0 Å². The summed E-state index contributed by atoms with van der Waals surface area (Å²) in [6.45, 7) is 5.85. The third-order valence-corrected chi connectivity index (χ3v) is 6.42. The quantitative estimate of drug-likeness (QED) is 0.533. The van der Waals surface area contributed by atoms with Gasteiger partial charge in [-0.1, -0.05) is 41.9 Å². The van der Waals surface area contributed by atoms with Crippen molar-refractivity contribution in [3.63, 3.8) is 0 Å². The Bertz CT molecular complexity index is 1200. The summed E-state index contributed by atoms with van der Waals surface area (Å²) in [4.78, 5) is 12.6. The number of carbonyl (C=O) groups is 1. The van der Waals surface area contributed by atoms with E-state index in [0.717, 1.165) is 22.3 Å². The van der Waals surface area contributed by atoms with Crippen LogP contribution in [-0.4, -0.2) is 20.6 Å². The molecule has 1 N–H and O–H groups in total. The van der Waals surface area contributed by atoms with E-state index in [1.807, 2.05) is 39.0 Å². The summed E-state index contributed by atoms with van der Waals surface area (Å²) >= 11 is 5.97. The van der Waals surface area contributed by atoms with Crippen LogP contribution in [0.5, 0.6) is 0 Å². The van der Waals surface area contributed by atoms with E-state index in [4.69, 9.17) is 11.6 Å². The zero-order valence-corrected chi connectivity index (χ0v) is 19.5. The van der Waals surface area contributed by atoms with Gasteiger partial charge < -0.3 is 5.32 Å². The van der Waals surface area contributed by atoms with Gasteiger partial charge in [-0.2, -0.15) is 0 Å². The first-order valence-electron chi connectivity index (χ1n) is 9.76. The van der Waals surface area contributed by atoms with E-state index in [1.165, 1.54) is 10.6 Å². The van der Waals surface area contributed by atoms with Crippen LogP contribution in [0.3, 0.4) is 0 Å². The molecule has 3 rings (SSSR count). The van der Waals surface area contributed by atoms with Crippen LogP contribution < -0.4 is 9.62 Å². The summed E-state index contributed by atoms with van der Waals surface area (Å²) < 4.78 is 26.5. The van der Waals surface area contributed by atoms with Gasteiger partial charge in [0.05, 0.1) is 18.5 Å². The lowest BCUT2D eigenvalue weighted by molar-refractivity contribution is 0.102. The average Bonchev–Trinajstić information content (AvgIpc) is 2.69. The number of aryl methyl sites for hydroxylation is 3. The van der Waals surface area contributed by atoms with Gasteiger partial charge in [-0.3, -0.25) is 9.10 Å². The van der Waals surface area contributed by atoms with Crippen molar-refractivity contribution >= 4 is 38.9 Å². The van der Waals surface area contributed by atoms with Gasteiger partial charge >= 0.3 is 0 Å². The van der Waals surface area contributed by atoms with E-state index in [0.29, 0.717) is 22.0 Å². The van der Waals surface area contributed by atoms with E-state index < -0.39 is 10.0 Å². The van der Waals surface area contributed by atoms with Crippen molar-refractivity contribution in [3.05, 3.63) is 93.5 Å². The fraction of sp³-hybridized carbons (Fsp3) is 0.208. The Kier molecular flexibility index (Phi) is 6.72. The lowest BCUT2D eigenvalue weighted by Crippen LogP contribution is -2.30. The lowest BCUT2D eigenvalue weighted by Gasteiger charge is -2.26. The van der Waals surface area contributed by atoms with Crippen molar-refractivity contribution in [2.24, 2.45) is 0 Å². The molecule has 0 aromatic heterocycles. The molecule has 162 valence electrons. The number of sulfonamides is 1. The van der Waals surface area contributed by atoms with Crippen LogP contribution in [-0.2, 0) is 16.6 Å². The fourth-order valence-corrected chi connectivity index (χ4v) is 4.68. The number of hydrogen-bond donors (Lipinski definition) is 1. The first-order chi connectivity index (χ1) is 14.6. The molecule has 0 saturated carbocycles. The number of nitrogens with zero attached hydrogens (tertiary/aromatic N) is 1. The van der Waals surface area contributed by atoms with Gasteiger partial charge in [-0.25, -0.2) is 8.42 Å². The van der Waals surface area contributed by atoms with Gasteiger partial charge in [0.2, 0.25) is 10.0 Å². The Morgan fingerprint density at radius 1 is 0.935 bits per heavy atom. The second-order valence-corrected chi connectivity index (χ2v) is 9.96. The van der Waals surface area contributed by atoms with E-state index >= 15 is 0 Å². The van der Waals surface area contributed by atoms with Gasteiger partial charge in [-0.05, 0) is 73.4 Å². The minimum absolute atomic E-state index is 0.183. The molecule has 0 bridgehead atoms. The lowest BCUT2D eigenvalue weighted by atomic mass is 10.1. The summed E-state index contributed by atoms with van der Waals surface area (Å²) in [6.07, 6.45) is 1.20. The number of nitrogens with one attached hydrogen (secondary N) is 1. The number of amides is 1. The summed E-state index contributed by atoms with van der Waals surface area (Å²) in [7, 11) is -3.49. The highest BCUT2D eigenvalue weighted by Gasteiger charge is 2.21. The molecule has 3 aromatic rings. The first kappa shape index (κ1) is 22.8. The van der Waals surface area contributed by atoms with E-state index in [-0.39, 0.29) is 12.5 Å². The number of anilines is 2. The van der Waals surface area contributed by atoms with Gasteiger partial charge in [-0.15, -0.1) is 0 Å². The first-order valence-corrected chi connectivity index (χ1v) is 12.0. The second kappa shape index (κ2) is 9.12. The standard InChI is InChI=1S/C24H25ClN2O3S/c1-16-6-5-7-17(2)23(16)27(31(4,29)30)15-19-8-10-20(11-9-19)24(28)26-22-13-12-21(25)14-18(22)3/h5-14H,15H2,1-4H3,(H,26,28). The predicted molar refractivity (Wildman–Crippen MR) is 128 cm³/mol. The molecule has 31 heavy (non-hydrogen) atoms. The molecule has 0 aliphatic carbocycles. The van der Waals surface area contributed by atoms with Crippen LogP contribution >= 0.6 is 11.6 Å². The smallest absolute Gasteiger partial charge is 0.255 e. The average molecular weight is 457 g/mol. The molecular weight excluding hydrogens is 432 g/mol.